The maximum absolute atomic E-state index is 12.6. The first-order chi connectivity index (χ1) is 12.2. The number of nitrogens with one attached hydrogen (secondary N) is 2. The Balaban J connectivity index is 1.71. The van der Waals surface area contributed by atoms with Gasteiger partial charge in [-0.3, -0.25) is 9.59 Å². The second-order valence-corrected chi connectivity index (χ2v) is 5.86. The fourth-order valence-electron chi connectivity index (χ4n) is 2.55. The first-order valence-electron chi connectivity index (χ1n) is 7.79. The summed E-state index contributed by atoms with van der Waals surface area (Å²) in [5.74, 6) is -0.259. The van der Waals surface area contributed by atoms with Crippen molar-refractivity contribution in [3.8, 4) is 5.75 Å². The lowest BCUT2D eigenvalue weighted by molar-refractivity contribution is -0.137. The van der Waals surface area contributed by atoms with Crippen LogP contribution in [0.1, 0.15) is 34.5 Å². The fourth-order valence-corrected chi connectivity index (χ4v) is 2.55. The third-order valence-electron chi connectivity index (χ3n) is 3.96. The molecule has 0 spiro atoms. The number of amides is 2. The molecule has 0 saturated heterocycles. The number of ether oxygens (including phenoxy) is 1. The molecule has 136 valence electrons. The van der Waals surface area contributed by atoms with E-state index in [0.29, 0.717) is 22.6 Å². The number of rotatable bonds is 3. The van der Waals surface area contributed by atoms with Crippen LogP contribution in [0.15, 0.2) is 42.5 Å². The Morgan fingerprint density at radius 2 is 1.88 bits per heavy atom. The maximum Gasteiger partial charge on any atom is 0.416 e. The molecule has 1 heterocycles. The Bertz CT molecular complexity index is 848. The summed E-state index contributed by atoms with van der Waals surface area (Å²) in [6.07, 6.45) is -4.40. The molecule has 2 amide bonds. The Hall–Kier alpha value is -3.03. The van der Waals surface area contributed by atoms with Gasteiger partial charge in [0.25, 0.3) is 11.8 Å². The number of fused-ring (bicyclic) bond motifs is 1. The molecule has 2 N–H and O–H groups in total. The van der Waals surface area contributed by atoms with Crippen molar-refractivity contribution in [1.29, 1.82) is 0 Å². The number of hydrogen-bond acceptors (Lipinski definition) is 3. The molecule has 0 unspecified atom stereocenters. The molecule has 26 heavy (non-hydrogen) atoms. The van der Waals surface area contributed by atoms with Crippen molar-refractivity contribution in [3.05, 3.63) is 59.2 Å². The number of carbonyl (C=O) groups is 2. The zero-order valence-electron chi connectivity index (χ0n) is 13.7. The van der Waals surface area contributed by atoms with Crippen LogP contribution in [0.4, 0.5) is 18.9 Å². The summed E-state index contributed by atoms with van der Waals surface area (Å²) >= 11 is 0. The summed E-state index contributed by atoms with van der Waals surface area (Å²) < 4.78 is 43.0. The van der Waals surface area contributed by atoms with E-state index in [1.165, 1.54) is 18.2 Å². The average molecular weight is 364 g/mol. The fraction of sp³-hybridized carbons (Fsp3) is 0.222. The molecule has 0 aliphatic carbocycles. The lowest BCUT2D eigenvalue weighted by Gasteiger charge is -2.19. The van der Waals surface area contributed by atoms with Crippen LogP contribution in [0.3, 0.4) is 0 Å². The van der Waals surface area contributed by atoms with E-state index in [9.17, 15) is 22.8 Å². The monoisotopic (exact) mass is 364 g/mol. The second-order valence-electron chi connectivity index (χ2n) is 5.86. The van der Waals surface area contributed by atoms with Crippen LogP contribution in [0.2, 0.25) is 0 Å². The van der Waals surface area contributed by atoms with Crippen LogP contribution in [0.25, 0.3) is 0 Å². The number of halogens is 3. The molecule has 2 aromatic rings. The molecule has 5 nitrogen and oxygen atoms in total. The highest BCUT2D eigenvalue weighted by molar-refractivity contribution is 5.99. The van der Waals surface area contributed by atoms with Gasteiger partial charge in [0.05, 0.1) is 17.3 Å². The van der Waals surface area contributed by atoms with Crippen molar-refractivity contribution < 1.29 is 27.5 Å². The van der Waals surface area contributed by atoms with Gasteiger partial charge >= 0.3 is 6.18 Å². The quantitative estimate of drug-likeness (QED) is 0.876. The van der Waals surface area contributed by atoms with Crippen LogP contribution in [0, 0.1) is 0 Å². The molecule has 0 radical (unpaired) electrons. The minimum atomic E-state index is -4.40. The van der Waals surface area contributed by atoms with Gasteiger partial charge in [0, 0.05) is 5.56 Å². The molecule has 0 saturated carbocycles. The normalized spacial score (nSPS) is 14.7. The molecule has 0 bridgehead atoms. The van der Waals surface area contributed by atoms with Gasteiger partial charge in [0.15, 0.2) is 6.61 Å². The smallest absolute Gasteiger partial charge is 0.416 e. The number of alkyl halides is 3. The molecule has 1 aliphatic heterocycles. The highest BCUT2D eigenvalue weighted by Gasteiger charge is 2.30. The standard InChI is InChI=1S/C18H15F3N2O3/c1-10(11-2-5-13(6-3-11)18(19,20)21)22-17(25)12-4-7-15-14(8-12)23-16(24)9-26-15/h2-8,10H,9H2,1H3,(H,22,25)(H,23,24)/t10-/m1/s1. The van der Waals surface area contributed by atoms with Crippen LogP contribution in [-0.2, 0) is 11.0 Å². The summed E-state index contributed by atoms with van der Waals surface area (Å²) in [4.78, 5) is 23.7. The summed E-state index contributed by atoms with van der Waals surface area (Å²) in [5, 5.41) is 5.32. The number of carbonyl (C=O) groups excluding carboxylic acids is 2. The Morgan fingerprint density at radius 1 is 1.19 bits per heavy atom. The highest BCUT2D eigenvalue weighted by Crippen LogP contribution is 2.30. The SMILES string of the molecule is C[C@@H](NC(=O)c1ccc2c(c1)NC(=O)CO2)c1ccc(C(F)(F)F)cc1. The highest BCUT2D eigenvalue weighted by atomic mass is 19.4. The van der Waals surface area contributed by atoms with Gasteiger partial charge in [-0.05, 0) is 42.8 Å². The zero-order chi connectivity index (χ0) is 18.9. The van der Waals surface area contributed by atoms with Crippen LogP contribution < -0.4 is 15.4 Å². The third-order valence-corrected chi connectivity index (χ3v) is 3.96. The van der Waals surface area contributed by atoms with Crippen LogP contribution in [0.5, 0.6) is 5.75 Å². The first kappa shape index (κ1) is 17.8. The van der Waals surface area contributed by atoms with Gasteiger partial charge in [0.1, 0.15) is 5.75 Å². The first-order valence-corrected chi connectivity index (χ1v) is 7.79. The molecule has 0 aromatic heterocycles. The summed E-state index contributed by atoms with van der Waals surface area (Å²) in [6, 6.07) is 8.72. The summed E-state index contributed by atoms with van der Waals surface area (Å²) in [7, 11) is 0. The molecule has 1 atom stereocenters. The van der Waals surface area contributed by atoms with E-state index in [1.54, 1.807) is 19.1 Å². The molecule has 3 rings (SSSR count). The van der Waals surface area contributed by atoms with Gasteiger partial charge in [-0.1, -0.05) is 12.1 Å². The molecule has 8 heteroatoms. The van der Waals surface area contributed by atoms with Gasteiger partial charge in [0.2, 0.25) is 0 Å². The largest absolute Gasteiger partial charge is 0.482 e. The predicted molar refractivity (Wildman–Crippen MR) is 87.9 cm³/mol. The lowest BCUT2D eigenvalue weighted by atomic mass is 10.0. The van der Waals surface area contributed by atoms with Gasteiger partial charge in [-0.25, -0.2) is 0 Å². The average Bonchev–Trinajstić information content (AvgIpc) is 2.60. The topological polar surface area (TPSA) is 67.4 Å². The Labute approximate surface area is 147 Å². The summed E-state index contributed by atoms with van der Waals surface area (Å²) in [5.41, 5.74) is 0.496. The van der Waals surface area contributed by atoms with E-state index < -0.39 is 23.7 Å². The lowest BCUT2D eigenvalue weighted by Crippen LogP contribution is -2.28. The molecular weight excluding hydrogens is 349 g/mol. The van der Waals surface area contributed by atoms with Crippen molar-refractivity contribution >= 4 is 17.5 Å². The molecule has 0 fully saturated rings. The minimum Gasteiger partial charge on any atom is -0.482 e. The molecule has 2 aromatic carbocycles. The second kappa shape index (κ2) is 6.70. The van der Waals surface area contributed by atoms with Crippen LogP contribution >= 0.6 is 0 Å². The van der Waals surface area contributed by atoms with E-state index in [1.807, 2.05) is 0 Å². The maximum atomic E-state index is 12.6. The van der Waals surface area contributed by atoms with Crippen molar-refractivity contribution in [1.82, 2.24) is 5.32 Å². The van der Waals surface area contributed by atoms with E-state index >= 15 is 0 Å². The summed E-state index contributed by atoms with van der Waals surface area (Å²) in [6.45, 7) is 1.59. The van der Waals surface area contributed by atoms with E-state index in [4.69, 9.17) is 4.74 Å². The van der Waals surface area contributed by atoms with Crippen molar-refractivity contribution in [3.63, 3.8) is 0 Å². The van der Waals surface area contributed by atoms with E-state index in [0.717, 1.165) is 12.1 Å². The third kappa shape index (κ3) is 3.79. The predicted octanol–water partition coefficient (Wildman–Crippen LogP) is 3.53. The van der Waals surface area contributed by atoms with Crippen molar-refractivity contribution in [2.24, 2.45) is 0 Å². The van der Waals surface area contributed by atoms with Crippen molar-refractivity contribution in [2.45, 2.75) is 19.1 Å². The number of benzene rings is 2. The minimum absolute atomic E-state index is 0.0799. The van der Waals surface area contributed by atoms with Gasteiger partial charge < -0.3 is 15.4 Å². The number of anilines is 1. The van der Waals surface area contributed by atoms with Crippen LogP contribution in [-0.4, -0.2) is 18.4 Å². The molecule has 1 aliphatic rings. The Morgan fingerprint density at radius 3 is 2.54 bits per heavy atom. The van der Waals surface area contributed by atoms with Gasteiger partial charge in [-0.15, -0.1) is 0 Å². The number of hydrogen-bond donors (Lipinski definition) is 2. The van der Waals surface area contributed by atoms with Gasteiger partial charge in [-0.2, -0.15) is 13.2 Å². The van der Waals surface area contributed by atoms with E-state index in [-0.39, 0.29) is 12.5 Å². The molecular formula is C18H15F3N2O3. The Kier molecular flexibility index (Phi) is 4.58. The zero-order valence-corrected chi connectivity index (χ0v) is 13.7. The van der Waals surface area contributed by atoms with Crippen molar-refractivity contribution in [2.75, 3.05) is 11.9 Å². The van der Waals surface area contributed by atoms with E-state index in [2.05, 4.69) is 10.6 Å².